The Morgan fingerprint density at radius 2 is 2.05 bits per heavy atom. The number of hydrogen-bond donors (Lipinski definition) is 1. The summed E-state index contributed by atoms with van der Waals surface area (Å²) in [6.45, 7) is 7.29. The van der Waals surface area contributed by atoms with Crippen LogP contribution in [-0.4, -0.2) is 42.4 Å². The fourth-order valence-electron chi connectivity index (χ4n) is 2.25. The lowest BCUT2D eigenvalue weighted by Gasteiger charge is -2.34. The van der Waals surface area contributed by atoms with Crippen molar-refractivity contribution in [2.75, 3.05) is 25.4 Å². The Labute approximate surface area is 126 Å². The predicted octanol–water partition coefficient (Wildman–Crippen LogP) is 2.45. The number of morpholine rings is 1. The van der Waals surface area contributed by atoms with Crippen molar-refractivity contribution in [1.82, 2.24) is 4.90 Å². The van der Waals surface area contributed by atoms with Gasteiger partial charge in [0.15, 0.2) is 0 Å². The van der Waals surface area contributed by atoms with Crippen molar-refractivity contribution < 1.29 is 14.3 Å². The molecular weight excluding hydrogens is 268 g/mol. The van der Waals surface area contributed by atoms with Crippen LogP contribution in [0.25, 0.3) is 0 Å². The normalized spacial score (nSPS) is 19.4. The molecule has 1 aromatic rings. The molecule has 0 aliphatic carbocycles. The molecule has 1 aliphatic rings. The van der Waals surface area contributed by atoms with Crippen LogP contribution in [0.15, 0.2) is 24.3 Å². The van der Waals surface area contributed by atoms with Crippen molar-refractivity contribution >= 4 is 11.8 Å². The molecule has 1 atom stereocenters. The summed E-state index contributed by atoms with van der Waals surface area (Å²) in [7, 11) is 0. The van der Waals surface area contributed by atoms with Gasteiger partial charge >= 0.3 is 6.09 Å². The molecular formula is C16H24N2O3. The highest BCUT2D eigenvalue weighted by molar-refractivity contribution is 5.68. The zero-order valence-corrected chi connectivity index (χ0v) is 13.0. The standard InChI is InChI=1S/C16H24N2O3/c1-16(2,3)21-15(19)18-8-9-20-14(11-18)10-12-4-6-13(17)7-5-12/h4-7,14H,8-11,17H2,1-3H3/t14-/m1/s1. The maximum atomic E-state index is 12.1. The van der Waals surface area contributed by atoms with Gasteiger partial charge in [0.25, 0.3) is 0 Å². The van der Waals surface area contributed by atoms with Gasteiger partial charge in [-0.2, -0.15) is 0 Å². The number of anilines is 1. The zero-order valence-electron chi connectivity index (χ0n) is 13.0. The van der Waals surface area contributed by atoms with E-state index < -0.39 is 5.60 Å². The van der Waals surface area contributed by atoms with Gasteiger partial charge in [-0.05, 0) is 38.5 Å². The van der Waals surface area contributed by atoms with Gasteiger partial charge in [0.05, 0.1) is 19.3 Å². The van der Waals surface area contributed by atoms with Crippen LogP contribution in [0.1, 0.15) is 26.3 Å². The van der Waals surface area contributed by atoms with E-state index in [1.807, 2.05) is 45.0 Å². The molecule has 1 aliphatic heterocycles. The summed E-state index contributed by atoms with van der Waals surface area (Å²) >= 11 is 0. The molecule has 1 fully saturated rings. The predicted molar refractivity (Wildman–Crippen MR) is 82.1 cm³/mol. The molecule has 1 amide bonds. The Balaban J connectivity index is 1.91. The average Bonchev–Trinajstić information content (AvgIpc) is 2.40. The third kappa shape index (κ3) is 4.93. The van der Waals surface area contributed by atoms with Gasteiger partial charge < -0.3 is 20.1 Å². The number of nitrogens with zero attached hydrogens (tertiary/aromatic N) is 1. The number of ether oxygens (including phenoxy) is 2. The van der Waals surface area contributed by atoms with E-state index in [0.717, 1.165) is 17.7 Å². The second kappa shape index (κ2) is 6.35. The summed E-state index contributed by atoms with van der Waals surface area (Å²) in [5, 5.41) is 0. The number of rotatable bonds is 2. The molecule has 5 heteroatoms. The van der Waals surface area contributed by atoms with Crippen molar-refractivity contribution in [3.8, 4) is 0 Å². The summed E-state index contributed by atoms with van der Waals surface area (Å²) in [5.41, 5.74) is 7.11. The Hall–Kier alpha value is -1.75. The maximum absolute atomic E-state index is 12.1. The van der Waals surface area contributed by atoms with Crippen molar-refractivity contribution in [2.45, 2.75) is 38.9 Å². The van der Waals surface area contributed by atoms with Crippen LogP contribution >= 0.6 is 0 Å². The highest BCUT2D eigenvalue weighted by atomic mass is 16.6. The van der Waals surface area contributed by atoms with Gasteiger partial charge in [-0.3, -0.25) is 0 Å². The number of carbonyl (C=O) groups is 1. The third-order valence-corrected chi connectivity index (χ3v) is 3.23. The minimum atomic E-state index is -0.470. The highest BCUT2D eigenvalue weighted by Gasteiger charge is 2.28. The molecule has 1 heterocycles. The first-order chi connectivity index (χ1) is 9.83. The Morgan fingerprint density at radius 1 is 1.38 bits per heavy atom. The number of amides is 1. The number of hydrogen-bond acceptors (Lipinski definition) is 4. The van der Waals surface area contributed by atoms with Crippen molar-refractivity contribution in [3.63, 3.8) is 0 Å². The molecule has 1 aromatic carbocycles. The molecule has 0 spiro atoms. The van der Waals surface area contributed by atoms with Crippen LogP contribution in [0.5, 0.6) is 0 Å². The minimum Gasteiger partial charge on any atom is -0.444 e. The molecule has 2 rings (SSSR count). The molecule has 116 valence electrons. The van der Waals surface area contributed by atoms with Crippen molar-refractivity contribution in [1.29, 1.82) is 0 Å². The lowest BCUT2D eigenvalue weighted by molar-refractivity contribution is -0.0415. The SMILES string of the molecule is CC(C)(C)OC(=O)N1CCO[C@H](Cc2ccc(N)cc2)C1. The van der Waals surface area contributed by atoms with E-state index in [-0.39, 0.29) is 12.2 Å². The largest absolute Gasteiger partial charge is 0.444 e. The van der Waals surface area contributed by atoms with Gasteiger partial charge in [0.1, 0.15) is 5.60 Å². The molecule has 1 saturated heterocycles. The molecule has 2 N–H and O–H groups in total. The van der Waals surface area contributed by atoms with E-state index in [1.54, 1.807) is 4.90 Å². The summed E-state index contributed by atoms with van der Waals surface area (Å²) in [6, 6.07) is 7.74. The second-order valence-corrected chi connectivity index (χ2v) is 6.36. The van der Waals surface area contributed by atoms with Gasteiger partial charge in [-0.25, -0.2) is 4.79 Å². The molecule has 0 unspecified atom stereocenters. The Kier molecular flexibility index (Phi) is 4.73. The minimum absolute atomic E-state index is 0.00473. The topological polar surface area (TPSA) is 64.8 Å². The number of nitrogen functional groups attached to an aromatic ring is 1. The van der Waals surface area contributed by atoms with Crippen LogP contribution in [-0.2, 0) is 15.9 Å². The fraction of sp³-hybridized carbons (Fsp3) is 0.562. The first-order valence-electron chi connectivity index (χ1n) is 7.27. The van der Waals surface area contributed by atoms with Crippen LogP contribution in [0, 0.1) is 0 Å². The van der Waals surface area contributed by atoms with Gasteiger partial charge in [-0.15, -0.1) is 0 Å². The molecule has 0 radical (unpaired) electrons. The molecule has 5 nitrogen and oxygen atoms in total. The van der Waals surface area contributed by atoms with Crippen molar-refractivity contribution in [3.05, 3.63) is 29.8 Å². The molecule has 0 saturated carbocycles. The fourth-order valence-corrected chi connectivity index (χ4v) is 2.25. The Morgan fingerprint density at radius 3 is 2.67 bits per heavy atom. The van der Waals surface area contributed by atoms with E-state index in [1.165, 1.54) is 0 Å². The summed E-state index contributed by atoms with van der Waals surface area (Å²) in [6.07, 6.45) is 0.488. The summed E-state index contributed by atoms with van der Waals surface area (Å²) < 4.78 is 11.1. The van der Waals surface area contributed by atoms with Crippen LogP contribution in [0.4, 0.5) is 10.5 Å². The van der Waals surface area contributed by atoms with Crippen molar-refractivity contribution in [2.24, 2.45) is 0 Å². The lowest BCUT2D eigenvalue weighted by atomic mass is 10.1. The molecule has 21 heavy (non-hydrogen) atoms. The van der Waals surface area contributed by atoms with E-state index >= 15 is 0 Å². The monoisotopic (exact) mass is 292 g/mol. The van der Waals surface area contributed by atoms with Gasteiger partial charge in [0.2, 0.25) is 0 Å². The van der Waals surface area contributed by atoms with Crippen LogP contribution < -0.4 is 5.73 Å². The third-order valence-electron chi connectivity index (χ3n) is 3.23. The summed E-state index contributed by atoms with van der Waals surface area (Å²) in [4.78, 5) is 13.8. The van der Waals surface area contributed by atoms with E-state index in [9.17, 15) is 4.79 Å². The maximum Gasteiger partial charge on any atom is 0.410 e. The highest BCUT2D eigenvalue weighted by Crippen LogP contribution is 2.16. The lowest BCUT2D eigenvalue weighted by Crippen LogP contribution is -2.48. The van der Waals surface area contributed by atoms with Gasteiger partial charge in [-0.1, -0.05) is 12.1 Å². The number of carbonyl (C=O) groups excluding carboxylic acids is 1. The number of nitrogens with two attached hydrogens (primary N) is 1. The van der Waals surface area contributed by atoms with Gasteiger partial charge in [0, 0.05) is 18.7 Å². The molecule has 0 bridgehead atoms. The summed E-state index contributed by atoms with van der Waals surface area (Å²) in [5.74, 6) is 0. The van der Waals surface area contributed by atoms with E-state index in [0.29, 0.717) is 19.7 Å². The zero-order chi connectivity index (χ0) is 15.5. The second-order valence-electron chi connectivity index (χ2n) is 6.36. The smallest absolute Gasteiger partial charge is 0.410 e. The van der Waals surface area contributed by atoms with E-state index in [2.05, 4.69) is 0 Å². The first kappa shape index (κ1) is 15.6. The van der Waals surface area contributed by atoms with E-state index in [4.69, 9.17) is 15.2 Å². The Bertz CT molecular complexity index is 479. The average molecular weight is 292 g/mol. The quantitative estimate of drug-likeness (QED) is 0.850. The first-order valence-corrected chi connectivity index (χ1v) is 7.27. The molecule has 0 aromatic heterocycles. The van der Waals surface area contributed by atoms with Crippen LogP contribution in [0.3, 0.4) is 0 Å². The van der Waals surface area contributed by atoms with Crippen LogP contribution in [0.2, 0.25) is 0 Å². The number of benzene rings is 1.